The lowest BCUT2D eigenvalue weighted by atomic mass is 9.79. The van der Waals surface area contributed by atoms with Crippen LogP contribution < -0.4 is 5.32 Å². The molecule has 3 heterocycles. The molecule has 0 saturated carbocycles. The lowest BCUT2D eigenvalue weighted by Gasteiger charge is -2.45. The number of alkyl halides is 2. The first kappa shape index (κ1) is 20.5. The van der Waals surface area contributed by atoms with Crippen LogP contribution in [0.3, 0.4) is 0 Å². The maximum atomic E-state index is 3.77. The summed E-state index contributed by atoms with van der Waals surface area (Å²) in [6.07, 6.45) is 13.2. The van der Waals surface area contributed by atoms with Gasteiger partial charge in [0.25, 0.3) is 0 Å². The molecule has 7 unspecified atom stereocenters. The quantitative estimate of drug-likeness (QED) is 0.201. The second kappa shape index (κ2) is 9.81. The highest BCUT2D eigenvalue weighted by atomic mass is 127. The third-order valence-electron chi connectivity index (χ3n) is 6.89. The molecule has 0 aromatic carbocycles. The normalized spacial score (nSPS) is 50.0. The molecule has 3 fully saturated rings. The van der Waals surface area contributed by atoms with Crippen molar-refractivity contribution >= 4 is 56.1 Å². The number of thiol groups is 1. The summed E-state index contributed by atoms with van der Waals surface area (Å²) in [6, 6.07) is 0.710. The maximum Gasteiger partial charge on any atom is 0.0215 e. The predicted octanol–water partition coefficient (Wildman–Crippen LogP) is 6.11. The molecule has 0 radical (unpaired) electrons. The van der Waals surface area contributed by atoms with Crippen molar-refractivity contribution in [3.8, 4) is 0 Å². The second-order valence-corrected chi connectivity index (χ2v) is 15.0. The number of rotatable bonds is 0. The van der Waals surface area contributed by atoms with E-state index in [1.807, 2.05) is 0 Å². The van der Waals surface area contributed by atoms with Crippen molar-refractivity contribution in [2.24, 2.45) is 11.8 Å². The van der Waals surface area contributed by atoms with Crippen LogP contribution in [-0.2, 0) is 0 Å². The van der Waals surface area contributed by atoms with Crippen LogP contribution in [0.4, 0.5) is 0 Å². The van der Waals surface area contributed by atoms with Crippen LogP contribution in [0.1, 0.15) is 71.6 Å². The van der Waals surface area contributed by atoms with E-state index in [1.165, 1.54) is 51.5 Å². The van der Waals surface area contributed by atoms with Crippen molar-refractivity contribution in [1.82, 2.24) is 5.32 Å². The first-order valence-electron chi connectivity index (χ1n) is 10.3. The summed E-state index contributed by atoms with van der Waals surface area (Å²) in [7, 11) is 0.340. The zero-order valence-corrected chi connectivity index (χ0v) is 20.7. The summed E-state index contributed by atoms with van der Waals surface area (Å²) >= 11 is 5.61. The minimum Gasteiger partial charge on any atom is -0.314 e. The van der Waals surface area contributed by atoms with Crippen molar-refractivity contribution in [2.45, 2.75) is 96.0 Å². The fraction of sp³-hybridized carbons (Fsp3) is 1.00. The van der Waals surface area contributed by atoms with E-state index in [0.717, 1.165) is 30.2 Å². The Bertz CT molecular complexity index is 394. The van der Waals surface area contributed by atoms with Gasteiger partial charge in [0.05, 0.1) is 0 Å². The van der Waals surface area contributed by atoms with Gasteiger partial charge in [-0.15, -0.1) is 0 Å². The van der Waals surface area contributed by atoms with Gasteiger partial charge in [0.2, 0.25) is 0 Å². The van der Waals surface area contributed by atoms with Crippen LogP contribution in [0, 0.1) is 11.8 Å². The summed E-state index contributed by atoms with van der Waals surface area (Å²) in [5.41, 5.74) is 0. The minimum absolute atomic E-state index is 0.340. The van der Waals surface area contributed by atoms with E-state index in [4.69, 9.17) is 0 Å². The predicted molar refractivity (Wildman–Crippen MR) is 129 cm³/mol. The summed E-state index contributed by atoms with van der Waals surface area (Å²) < 4.78 is 1.86. The Morgan fingerprint density at radius 1 is 0.917 bits per heavy atom. The molecule has 3 aliphatic rings. The second-order valence-electron chi connectivity index (χ2n) is 8.64. The summed E-state index contributed by atoms with van der Waals surface area (Å²) in [5, 5.41) is 5.93. The topological polar surface area (TPSA) is 12.0 Å². The molecule has 1 nitrogen and oxygen atoms in total. The van der Waals surface area contributed by atoms with Crippen molar-refractivity contribution < 1.29 is 0 Å². The molecule has 4 heteroatoms. The largest absolute Gasteiger partial charge is 0.314 e. The lowest BCUT2D eigenvalue weighted by molar-refractivity contribution is 0.271. The number of hydrogen-bond donors (Lipinski definition) is 2. The van der Waals surface area contributed by atoms with Crippen molar-refractivity contribution in [1.29, 1.82) is 0 Å². The fourth-order valence-corrected chi connectivity index (χ4v) is 12.4. The molecule has 4 bridgehead atoms. The highest BCUT2D eigenvalue weighted by Gasteiger charge is 2.47. The van der Waals surface area contributed by atoms with E-state index in [-0.39, 0.29) is 0 Å². The summed E-state index contributed by atoms with van der Waals surface area (Å²) in [5.74, 6) is 3.76. The van der Waals surface area contributed by atoms with Gasteiger partial charge in [-0.25, -0.2) is 10.9 Å². The third kappa shape index (κ3) is 5.18. The first-order chi connectivity index (χ1) is 11.6. The van der Waals surface area contributed by atoms with Crippen LogP contribution in [0.25, 0.3) is 0 Å². The van der Waals surface area contributed by atoms with Gasteiger partial charge in [-0.05, 0) is 87.7 Å². The first-order valence-corrected chi connectivity index (χ1v) is 14.5. The van der Waals surface area contributed by atoms with Gasteiger partial charge in [-0.1, -0.05) is 58.5 Å². The molecule has 0 aliphatic carbocycles. The SMILES string of the molecule is CC1CCC(I)CCC2CC(C)[SH]3CC[C@H]2C3C(I)CCCCN1. The summed E-state index contributed by atoms with van der Waals surface area (Å²) in [4.78, 5) is 0. The Labute approximate surface area is 180 Å². The van der Waals surface area contributed by atoms with Crippen molar-refractivity contribution in [3.05, 3.63) is 0 Å². The van der Waals surface area contributed by atoms with E-state index in [9.17, 15) is 0 Å². The Morgan fingerprint density at radius 3 is 2.54 bits per heavy atom. The Kier molecular flexibility index (Phi) is 8.38. The van der Waals surface area contributed by atoms with Gasteiger partial charge in [0, 0.05) is 19.1 Å². The molecule has 3 saturated heterocycles. The number of halogens is 2. The van der Waals surface area contributed by atoms with E-state index in [0.29, 0.717) is 16.9 Å². The van der Waals surface area contributed by atoms with Crippen LogP contribution in [0.15, 0.2) is 0 Å². The van der Waals surface area contributed by atoms with Crippen LogP contribution >= 0.6 is 56.1 Å². The smallest absolute Gasteiger partial charge is 0.0215 e. The maximum absolute atomic E-state index is 3.77. The molecular weight excluding hydrogens is 540 g/mol. The molecular formula is C20H37I2NS. The van der Waals surface area contributed by atoms with E-state index in [2.05, 4.69) is 64.3 Å². The average molecular weight is 577 g/mol. The highest BCUT2D eigenvalue weighted by Crippen LogP contribution is 2.61. The molecule has 142 valence electrons. The van der Waals surface area contributed by atoms with Gasteiger partial charge in [-0.2, -0.15) is 0 Å². The van der Waals surface area contributed by atoms with Gasteiger partial charge in [0.15, 0.2) is 0 Å². The fourth-order valence-electron chi connectivity index (χ4n) is 5.50. The minimum atomic E-state index is 0.340. The van der Waals surface area contributed by atoms with Crippen LogP contribution in [0.5, 0.6) is 0 Å². The van der Waals surface area contributed by atoms with E-state index >= 15 is 0 Å². The van der Waals surface area contributed by atoms with E-state index in [1.54, 1.807) is 18.6 Å². The lowest BCUT2D eigenvalue weighted by Crippen LogP contribution is -2.38. The van der Waals surface area contributed by atoms with Gasteiger partial charge >= 0.3 is 0 Å². The van der Waals surface area contributed by atoms with Gasteiger partial charge < -0.3 is 5.32 Å². The van der Waals surface area contributed by atoms with Gasteiger partial charge in [0.1, 0.15) is 0 Å². The molecule has 0 aromatic rings. The zero-order valence-electron chi connectivity index (χ0n) is 15.5. The Morgan fingerprint density at radius 2 is 1.71 bits per heavy atom. The van der Waals surface area contributed by atoms with E-state index < -0.39 is 0 Å². The van der Waals surface area contributed by atoms with Crippen molar-refractivity contribution in [2.75, 3.05) is 12.3 Å². The number of hydrogen-bond acceptors (Lipinski definition) is 1. The van der Waals surface area contributed by atoms with Crippen LogP contribution in [0.2, 0.25) is 0 Å². The molecule has 3 rings (SSSR count). The molecule has 0 spiro atoms. The molecule has 0 aromatic heterocycles. The Hall–Kier alpha value is 1.77. The summed E-state index contributed by atoms with van der Waals surface area (Å²) in [6.45, 7) is 6.23. The molecule has 0 amide bonds. The third-order valence-corrected chi connectivity index (χ3v) is 13.7. The molecule has 3 aliphatic heterocycles. The van der Waals surface area contributed by atoms with Crippen molar-refractivity contribution in [3.63, 3.8) is 0 Å². The van der Waals surface area contributed by atoms with Crippen LogP contribution in [-0.4, -0.2) is 36.7 Å². The standard InChI is InChI=1S/C20H37I2NS/c1-14-6-8-17(21)9-7-16-13-15(2)24-12-10-18(16)20(24)19(22)5-3-4-11-23-14/h14-20,23-24H,3-13H2,1-2H3/t14?,15?,16?,17?,18-,19?,20?/m1/s1. The molecule has 1 N–H and O–H groups in total. The average Bonchev–Trinajstić information content (AvgIpc) is 2.93. The van der Waals surface area contributed by atoms with Gasteiger partial charge in [-0.3, -0.25) is 0 Å². The zero-order chi connectivity index (χ0) is 17.1. The highest BCUT2D eigenvalue weighted by molar-refractivity contribution is 14.1. The Balaban J connectivity index is 1.68. The number of nitrogens with one attached hydrogen (secondary N) is 1. The molecule has 8 atom stereocenters. The monoisotopic (exact) mass is 577 g/mol. The molecule has 24 heavy (non-hydrogen) atoms.